The fourth-order valence-corrected chi connectivity index (χ4v) is 2.39. The molecule has 1 aliphatic rings. The summed E-state index contributed by atoms with van der Waals surface area (Å²) in [5, 5.41) is 8.63. The zero-order chi connectivity index (χ0) is 15.2. The van der Waals surface area contributed by atoms with Crippen LogP contribution in [0.2, 0.25) is 0 Å². The zero-order valence-corrected chi connectivity index (χ0v) is 13.0. The Hall–Kier alpha value is -1.61. The van der Waals surface area contributed by atoms with Gasteiger partial charge >= 0.3 is 5.97 Å². The molecule has 0 saturated heterocycles. The third-order valence-corrected chi connectivity index (χ3v) is 3.84. The van der Waals surface area contributed by atoms with E-state index in [9.17, 15) is 4.79 Å². The lowest BCUT2D eigenvalue weighted by Gasteiger charge is -2.23. The quantitative estimate of drug-likeness (QED) is 0.739. The van der Waals surface area contributed by atoms with E-state index in [0.29, 0.717) is 0 Å². The van der Waals surface area contributed by atoms with Crippen molar-refractivity contribution in [3.63, 3.8) is 0 Å². The molecule has 1 saturated carbocycles. The van der Waals surface area contributed by atoms with Gasteiger partial charge in [0.25, 0.3) is 0 Å². The van der Waals surface area contributed by atoms with Crippen LogP contribution in [0.15, 0.2) is 30.3 Å². The number of benzene rings is 1. The molecule has 1 N–H and O–H groups in total. The molecule has 3 heteroatoms. The molecule has 0 heterocycles. The van der Waals surface area contributed by atoms with E-state index in [2.05, 4.69) is 30.9 Å². The van der Waals surface area contributed by atoms with E-state index in [1.54, 1.807) is 6.08 Å². The van der Waals surface area contributed by atoms with Gasteiger partial charge in [0.2, 0.25) is 0 Å². The number of carboxylic acids is 1. The van der Waals surface area contributed by atoms with Crippen LogP contribution in [0.25, 0.3) is 6.08 Å². The molecule has 1 fully saturated rings. The van der Waals surface area contributed by atoms with Gasteiger partial charge in [0.15, 0.2) is 0 Å². The minimum Gasteiger partial charge on any atom is -0.478 e. The lowest BCUT2D eigenvalue weighted by atomic mass is 10.1. The Bertz CT molecular complexity index is 486. The van der Waals surface area contributed by atoms with E-state index in [1.165, 1.54) is 37.4 Å². The van der Waals surface area contributed by atoms with Crippen LogP contribution in [0.5, 0.6) is 0 Å². The van der Waals surface area contributed by atoms with Crippen LogP contribution in [0.3, 0.4) is 0 Å². The number of carboxylic acid groups (broad SMARTS) is 1. The maximum absolute atomic E-state index is 10.5. The predicted molar refractivity (Wildman–Crippen MR) is 86.0 cm³/mol. The van der Waals surface area contributed by atoms with Crippen molar-refractivity contribution in [1.82, 2.24) is 4.90 Å². The Morgan fingerprint density at radius 2 is 2.00 bits per heavy atom. The van der Waals surface area contributed by atoms with Crippen molar-refractivity contribution in [2.45, 2.75) is 45.7 Å². The third-order valence-electron chi connectivity index (χ3n) is 3.84. The van der Waals surface area contributed by atoms with Gasteiger partial charge in [-0.25, -0.2) is 4.79 Å². The Labute approximate surface area is 127 Å². The summed E-state index contributed by atoms with van der Waals surface area (Å²) >= 11 is 0. The van der Waals surface area contributed by atoms with E-state index in [4.69, 9.17) is 5.11 Å². The summed E-state index contributed by atoms with van der Waals surface area (Å²) in [6, 6.07) is 8.96. The first-order valence-electron chi connectivity index (χ1n) is 7.78. The Morgan fingerprint density at radius 3 is 2.52 bits per heavy atom. The van der Waals surface area contributed by atoms with Gasteiger partial charge in [-0.15, -0.1) is 0 Å². The van der Waals surface area contributed by atoms with Crippen molar-refractivity contribution >= 4 is 12.0 Å². The van der Waals surface area contributed by atoms with Crippen LogP contribution in [-0.4, -0.2) is 28.6 Å². The molecule has 1 aromatic rings. The Balaban J connectivity index is 1.92. The van der Waals surface area contributed by atoms with E-state index >= 15 is 0 Å². The number of carbonyl (C=O) groups is 1. The van der Waals surface area contributed by atoms with Crippen molar-refractivity contribution in [3.8, 4) is 0 Å². The molecule has 1 aromatic carbocycles. The number of hydrogen-bond donors (Lipinski definition) is 1. The molecule has 2 rings (SSSR count). The first-order chi connectivity index (χ1) is 10.0. The zero-order valence-electron chi connectivity index (χ0n) is 13.0. The number of aliphatic carboxylic acids is 1. The van der Waals surface area contributed by atoms with Gasteiger partial charge in [-0.3, -0.25) is 4.90 Å². The van der Waals surface area contributed by atoms with Crippen LogP contribution in [-0.2, 0) is 11.3 Å². The molecule has 0 aliphatic heterocycles. The first kappa shape index (κ1) is 15.8. The highest BCUT2D eigenvalue weighted by Gasteiger charge is 2.28. The van der Waals surface area contributed by atoms with Crippen molar-refractivity contribution in [2.75, 3.05) is 6.54 Å². The monoisotopic (exact) mass is 287 g/mol. The van der Waals surface area contributed by atoms with Gasteiger partial charge in [0, 0.05) is 18.7 Å². The smallest absolute Gasteiger partial charge is 0.328 e. The summed E-state index contributed by atoms with van der Waals surface area (Å²) in [5.41, 5.74) is 2.24. The van der Waals surface area contributed by atoms with Gasteiger partial charge in [-0.2, -0.15) is 0 Å². The molecule has 0 aromatic heterocycles. The van der Waals surface area contributed by atoms with E-state index in [0.717, 1.165) is 24.1 Å². The highest BCUT2D eigenvalue weighted by molar-refractivity contribution is 5.85. The largest absolute Gasteiger partial charge is 0.478 e. The summed E-state index contributed by atoms with van der Waals surface area (Å²) in [5.74, 6) is -0.164. The lowest BCUT2D eigenvalue weighted by Crippen LogP contribution is -2.27. The molecule has 0 atom stereocenters. The van der Waals surface area contributed by atoms with Crippen molar-refractivity contribution in [2.24, 2.45) is 5.92 Å². The van der Waals surface area contributed by atoms with E-state index < -0.39 is 5.97 Å². The summed E-state index contributed by atoms with van der Waals surface area (Å²) in [7, 11) is 0. The fourth-order valence-electron chi connectivity index (χ4n) is 2.39. The molecule has 0 bridgehead atoms. The summed E-state index contributed by atoms with van der Waals surface area (Å²) < 4.78 is 0. The van der Waals surface area contributed by atoms with Gasteiger partial charge in [0.05, 0.1) is 0 Å². The number of nitrogens with zero attached hydrogens (tertiary/aromatic N) is 1. The fraction of sp³-hybridized carbons (Fsp3) is 0.500. The molecule has 21 heavy (non-hydrogen) atoms. The van der Waals surface area contributed by atoms with Crippen LogP contribution >= 0.6 is 0 Å². The summed E-state index contributed by atoms with van der Waals surface area (Å²) in [6.45, 7) is 6.71. The minimum atomic E-state index is -0.910. The van der Waals surface area contributed by atoms with Crippen LogP contribution in [0.4, 0.5) is 0 Å². The molecule has 1 aliphatic carbocycles. The minimum absolute atomic E-state index is 0.745. The topological polar surface area (TPSA) is 40.5 Å². The predicted octanol–water partition coefficient (Wildman–Crippen LogP) is 3.79. The molecular formula is C18H25NO2. The molecule has 0 amide bonds. The molecular weight excluding hydrogens is 262 g/mol. The second-order valence-electron chi connectivity index (χ2n) is 6.30. The van der Waals surface area contributed by atoms with Gasteiger partial charge < -0.3 is 5.11 Å². The van der Waals surface area contributed by atoms with Crippen molar-refractivity contribution in [1.29, 1.82) is 0 Å². The normalized spacial score (nSPS) is 15.2. The first-order valence-corrected chi connectivity index (χ1v) is 7.78. The van der Waals surface area contributed by atoms with E-state index in [1.807, 2.05) is 12.1 Å². The Morgan fingerprint density at radius 1 is 1.33 bits per heavy atom. The lowest BCUT2D eigenvalue weighted by molar-refractivity contribution is -0.131. The summed E-state index contributed by atoms with van der Waals surface area (Å²) in [4.78, 5) is 13.1. The average Bonchev–Trinajstić information content (AvgIpc) is 3.26. The molecule has 0 spiro atoms. The van der Waals surface area contributed by atoms with E-state index in [-0.39, 0.29) is 0 Å². The number of rotatable bonds is 8. The maximum Gasteiger partial charge on any atom is 0.328 e. The maximum atomic E-state index is 10.5. The highest BCUT2D eigenvalue weighted by atomic mass is 16.4. The second-order valence-corrected chi connectivity index (χ2v) is 6.30. The highest BCUT2D eigenvalue weighted by Crippen LogP contribution is 2.29. The second kappa shape index (κ2) is 7.41. The van der Waals surface area contributed by atoms with Crippen LogP contribution < -0.4 is 0 Å². The molecule has 114 valence electrons. The van der Waals surface area contributed by atoms with Gasteiger partial charge in [-0.05, 0) is 48.9 Å². The molecule has 0 radical (unpaired) electrons. The van der Waals surface area contributed by atoms with Crippen LogP contribution in [0.1, 0.15) is 44.2 Å². The van der Waals surface area contributed by atoms with Crippen LogP contribution in [0, 0.1) is 5.92 Å². The van der Waals surface area contributed by atoms with Crippen molar-refractivity contribution < 1.29 is 9.90 Å². The van der Waals surface area contributed by atoms with Crippen molar-refractivity contribution in [3.05, 3.63) is 41.5 Å². The SMILES string of the molecule is CC(C)CCN(Cc1ccc(/C=C/C(=O)O)cc1)C1CC1. The average molecular weight is 287 g/mol. The third kappa shape index (κ3) is 5.72. The standard InChI is InChI=1S/C18H25NO2/c1-14(2)11-12-19(17-8-9-17)13-16-5-3-15(4-6-16)7-10-18(20)21/h3-7,10,14,17H,8-9,11-13H2,1-2H3,(H,20,21)/b10-7+. The Kier molecular flexibility index (Phi) is 5.57. The summed E-state index contributed by atoms with van der Waals surface area (Å²) in [6.07, 6.45) is 6.71. The molecule has 3 nitrogen and oxygen atoms in total. The number of hydrogen-bond acceptors (Lipinski definition) is 2. The molecule has 0 unspecified atom stereocenters. The van der Waals surface area contributed by atoms with Gasteiger partial charge in [-0.1, -0.05) is 38.1 Å². The van der Waals surface area contributed by atoms with Gasteiger partial charge in [0.1, 0.15) is 0 Å².